The fraction of sp³-hybridized carbons (Fsp3) is 0.304. The van der Waals surface area contributed by atoms with Crippen LogP contribution in [-0.4, -0.2) is 56.0 Å². The Balaban J connectivity index is 1.34. The summed E-state index contributed by atoms with van der Waals surface area (Å²) in [5.74, 6) is 1.46. The van der Waals surface area contributed by atoms with E-state index in [2.05, 4.69) is 65.6 Å². The summed E-state index contributed by atoms with van der Waals surface area (Å²) >= 11 is 0. The first-order valence-corrected chi connectivity index (χ1v) is 10.7. The monoisotopic (exact) mass is 414 g/mol. The molecule has 8 nitrogen and oxygen atoms in total. The van der Waals surface area contributed by atoms with Crippen molar-refractivity contribution in [1.29, 1.82) is 0 Å². The van der Waals surface area contributed by atoms with Gasteiger partial charge in [0.05, 0.1) is 16.7 Å². The van der Waals surface area contributed by atoms with Crippen molar-refractivity contribution in [3.8, 4) is 11.3 Å². The van der Waals surface area contributed by atoms with Crippen LogP contribution in [-0.2, 0) is 13.0 Å². The lowest BCUT2D eigenvalue weighted by atomic mass is 10.1. The largest absolute Gasteiger partial charge is 0.324 e. The van der Waals surface area contributed by atoms with Gasteiger partial charge in [-0.25, -0.2) is 19.9 Å². The summed E-state index contributed by atoms with van der Waals surface area (Å²) in [6, 6.07) is 12.3. The Kier molecular flexibility index (Phi) is 5.56. The van der Waals surface area contributed by atoms with E-state index in [1.54, 1.807) is 6.33 Å². The normalized spacial score (nSPS) is 14.7. The van der Waals surface area contributed by atoms with Crippen molar-refractivity contribution >= 4 is 22.8 Å². The number of aromatic nitrogens is 5. The number of benzene rings is 1. The number of aryl methyl sites for hydroxylation is 1. The number of imidazole rings is 1. The zero-order chi connectivity index (χ0) is 21.0. The fourth-order valence-corrected chi connectivity index (χ4v) is 3.87. The molecule has 0 bridgehead atoms. The molecule has 31 heavy (non-hydrogen) atoms. The van der Waals surface area contributed by atoms with Crippen LogP contribution in [0.2, 0.25) is 0 Å². The van der Waals surface area contributed by atoms with Gasteiger partial charge in [-0.15, -0.1) is 0 Å². The van der Waals surface area contributed by atoms with Gasteiger partial charge in [0.2, 0.25) is 5.95 Å². The van der Waals surface area contributed by atoms with E-state index in [1.165, 1.54) is 5.56 Å². The summed E-state index contributed by atoms with van der Waals surface area (Å²) in [5, 5.41) is 6.71. The topological polar surface area (TPSA) is 94.7 Å². The van der Waals surface area contributed by atoms with Gasteiger partial charge in [0, 0.05) is 50.2 Å². The summed E-state index contributed by atoms with van der Waals surface area (Å²) in [6.07, 6.45) is 4.36. The molecule has 0 radical (unpaired) electrons. The van der Waals surface area contributed by atoms with Gasteiger partial charge in [-0.2, -0.15) is 0 Å². The number of hydrogen-bond donors (Lipinski definition) is 3. The predicted octanol–water partition coefficient (Wildman–Crippen LogP) is 3.13. The minimum atomic E-state index is 0.677. The zero-order valence-corrected chi connectivity index (χ0v) is 17.6. The maximum absolute atomic E-state index is 4.66. The van der Waals surface area contributed by atoms with E-state index in [4.69, 9.17) is 0 Å². The van der Waals surface area contributed by atoms with Crippen LogP contribution in [0.4, 0.5) is 11.8 Å². The number of piperazine rings is 1. The number of aromatic amines is 1. The van der Waals surface area contributed by atoms with Crippen LogP contribution in [0, 0.1) is 0 Å². The Hall–Kier alpha value is -3.36. The molecule has 0 atom stereocenters. The molecule has 0 spiro atoms. The van der Waals surface area contributed by atoms with E-state index in [9.17, 15) is 0 Å². The van der Waals surface area contributed by atoms with Gasteiger partial charge in [-0.1, -0.05) is 13.0 Å². The summed E-state index contributed by atoms with van der Waals surface area (Å²) < 4.78 is 0. The Morgan fingerprint density at radius 2 is 1.94 bits per heavy atom. The van der Waals surface area contributed by atoms with Crippen LogP contribution < -0.4 is 10.6 Å². The number of pyridine rings is 1. The minimum Gasteiger partial charge on any atom is -0.324 e. The molecule has 4 aromatic rings. The number of H-pyrrole nitrogens is 1. The van der Waals surface area contributed by atoms with Crippen molar-refractivity contribution in [1.82, 2.24) is 35.1 Å². The zero-order valence-electron chi connectivity index (χ0n) is 17.6. The first-order valence-electron chi connectivity index (χ1n) is 10.7. The van der Waals surface area contributed by atoms with Gasteiger partial charge < -0.3 is 15.6 Å². The van der Waals surface area contributed by atoms with E-state index in [0.717, 1.165) is 72.9 Å². The quantitative estimate of drug-likeness (QED) is 0.446. The minimum absolute atomic E-state index is 0.677. The molecule has 0 unspecified atom stereocenters. The van der Waals surface area contributed by atoms with Crippen LogP contribution in [0.5, 0.6) is 0 Å². The lowest BCUT2D eigenvalue weighted by molar-refractivity contribution is 0.233. The van der Waals surface area contributed by atoms with Crippen LogP contribution in [0.15, 0.2) is 48.9 Å². The van der Waals surface area contributed by atoms with Gasteiger partial charge in [-0.3, -0.25) is 4.90 Å². The molecule has 1 aliphatic heterocycles. The number of rotatable bonds is 6. The molecule has 1 aromatic carbocycles. The summed E-state index contributed by atoms with van der Waals surface area (Å²) in [7, 11) is 0. The number of hydrogen-bond acceptors (Lipinski definition) is 7. The smallest absolute Gasteiger partial charge is 0.206 e. The van der Waals surface area contributed by atoms with Crippen molar-refractivity contribution in [2.45, 2.75) is 19.9 Å². The lowest BCUT2D eigenvalue weighted by Gasteiger charge is -2.27. The van der Waals surface area contributed by atoms with E-state index >= 15 is 0 Å². The molecule has 4 heterocycles. The van der Waals surface area contributed by atoms with Crippen LogP contribution in [0.3, 0.4) is 0 Å². The van der Waals surface area contributed by atoms with Gasteiger partial charge in [0.1, 0.15) is 12.1 Å². The highest BCUT2D eigenvalue weighted by atomic mass is 15.2. The van der Waals surface area contributed by atoms with Crippen LogP contribution in [0.1, 0.15) is 18.2 Å². The molecule has 3 aromatic heterocycles. The first kappa shape index (κ1) is 19.6. The van der Waals surface area contributed by atoms with Gasteiger partial charge in [-0.05, 0) is 42.3 Å². The standard InChI is InChI=1S/C23H26N8/c1-2-18-13-20(27-15-26-18)17-3-4-19-21(12-17)29-23(28-19)30-22-11-16(5-6-25-22)14-31-9-7-24-8-10-31/h3-6,11-13,15,24H,2,7-10,14H2,1H3,(H2,25,28,29,30). The number of nitrogens with one attached hydrogen (secondary N) is 3. The fourth-order valence-electron chi connectivity index (χ4n) is 3.87. The molecule has 5 rings (SSSR count). The van der Waals surface area contributed by atoms with Crippen molar-refractivity contribution in [2.75, 3.05) is 31.5 Å². The molecule has 1 saturated heterocycles. The third kappa shape index (κ3) is 4.55. The Morgan fingerprint density at radius 1 is 1.03 bits per heavy atom. The first-order chi connectivity index (χ1) is 15.3. The van der Waals surface area contributed by atoms with Crippen molar-refractivity contribution in [3.05, 3.63) is 60.2 Å². The molecule has 1 fully saturated rings. The predicted molar refractivity (Wildman–Crippen MR) is 122 cm³/mol. The van der Waals surface area contributed by atoms with Crippen molar-refractivity contribution < 1.29 is 0 Å². The average molecular weight is 415 g/mol. The van der Waals surface area contributed by atoms with Crippen LogP contribution >= 0.6 is 0 Å². The second-order valence-electron chi connectivity index (χ2n) is 7.77. The second-order valence-corrected chi connectivity index (χ2v) is 7.77. The molecule has 158 valence electrons. The maximum Gasteiger partial charge on any atom is 0.206 e. The molecule has 0 amide bonds. The lowest BCUT2D eigenvalue weighted by Crippen LogP contribution is -2.42. The number of nitrogens with zero attached hydrogens (tertiary/aromatic N) is 5. The van der Waals surface area contributed by atoms with Gasteiger partial charge in [0.25, 0.3) is 0 Å². The molecule has 0 aliphatic carbocycles. The van der Waals surface area contributed by atoms with Gasteiger partial charge >= 0.3 is 0 Å². The van der Waals surface area contributed by atoms with E-state index in [0.29, 0.717) is 5.95 Å². The molecule has 8 heteroatoms. The Bertz CT molecular complexity index is 1180. The molecular formula is C23H26N8. The van der Waals surface area contributed by atoms with Gasteiger partial charge in [0.15, 0.2) is 0 Å². The molecular weight excluding hydrogens is 388 g/mol. The third-order valence-electron chi connectivity index (χ3n) is 5.55. The number of anilines is 2. The number of fused-ring (bicyclic) bond motifs is 1. The highest BCUT2D eigenvalue weighted by Crippen LogP contribution is 2.24. The Morgan fingerprint density at radius 3 is 2.81 bits per heavy atom. The maximum atomic E-state index is 4.66. The van der Waals surface area contributed by atoms with E-state index < -0.39 is 0 Å². The summed E-state index contributed by atoms with van der Waals surface area (Å²) in [4.78, 5) is 23.6. The van der Waals surface area contributed by atoms with Crippen molar-refractivity contribution in [3.63, 3.8) is 0 Å². The summed E-state index contributed by atoms with van der Waals surface area (Å²) in [6.45, 7) is 7.26. The molecule has 1 aliphatic rings. The molecule has 3 N–H and O–H groups in total. The van der Waals surface area contributed by atoms with E-state index in [-0.39, 0.29) is 0 Å². The van der Waals surface area contributed by atoms with Crippen molar-refractivity contribution in [2.24, 2.45) is 0 Å². The molecule has 0 saturated carbocycles. The average Bonchev–Trinajstić information content (AvgIpc) is 3.21. The summed E-state index contributed by atoms with van der Waals surface area (Å²) in [5.41, 5.74) is 6.08. The second kappa shape index (κ2) is 8.79. The third-order valence-corrected chi connectivity index (χ3v) is 5.55. The highest BCUT2D eigenvalue weighted by molar-refractivity contribution is 5.83. The Labute approximate surface area is 181 Å². The SMILES string of the molecule is CCc1cc(-c2ccc3nc(Nc4cc(CN5CCNCC5)ccn4)[nH]c3c2)ncn1. The highest BCUT2D eigenvalue weighted by Gasteiger charge is 2.11. The van der Waals surface area contributed by atoms with E-state index in [1.807, 2.05) is 24.4 Å². The van der Waals surface area contributed by atoms with Crippen LogP contribution in [0.25, 0.3) is 22.3 Å².